The van der Waals surface area contributed by atoms with E-state index in [4.69, 9.17) is 5.73 Å². The normalized spacial score (nSPS) is 11.9. The van der Waals surface area contributed by atoms with Crippen LogP contribution in [0.2, 0.25) is 0 Å². The first-order valence-electron chi connectivity index (χ1n) is 5.44. The Bertz CT molecular complexity index is 403. The van der Waals surface area contributed by atoms with Gasteiger partial charge in [-0.05, 0) is 25.5 Å². The Labute approximate surface area is 104 Å². The van der Waals surface area contributed by atoms with Gasteiger partial charge in [0, 0.05) is 9.75 Å². The fourth-order valence-corrected chi connectivity index (χ4v) is 2.21. The second-order valence-corrected chi connectivity index (χ2v) is 4.92. The first kappa shape index (κ1) is 13.5. The number of urea groups is 1. The zero-order valence-electron chi connectivity index (χ0n) is 9.95. The van der Waals surface area contributed by atoms with Gasteiger partial charge in [-0.3, -0.25) is 4.79 Å². The van der Waals surface area contributed by atoms with E-state index < -0.39 is 12.1 Å². The zero-order chi connectivity index (χ0) is 12.8. The van der Waals surface area contributed by atoms with E-state index in [1.165, 1.54) is 4.88 Å². The summed E-state index contributed by atoms with van der Waals surface area (Å²) in [5, 5.41) is 5.07. The van der Waals surface area contributed by atoms with E-state index in [1.54, 1.807) is 18.3 Å². The molecule has 0 fully saturated rings. The summed E-state index contributed by atoms with van der Waals surface area (Å²) in [6.45, 7) is 4.16. The standard InChI is InChI=1S/C11H17N3O2S/c1-3-8-4-5-9(17-8)6-13-10(15)7(2)14-11(12)16/h4-5,7H,3,6H2,1-2H3,(H,13,15)(H3,12,14,16). The monoisotopic (exact) mass is 255 g/mol. The van der Waals surface area contributed by atoms with Crippen LogP contribution in [0.3, 0.4) is 0 Å². The van der Waals surface area contributed by atoms with Crippen molar-refractivity contribution < 1.29 is 9.59 Å². The van der Waals surface area contributed by atoms with E-state index in [0.29, 0.717) is 6.54 Å². The largest absolute Gasteiger partial charge is 0.352 e. The molecule has 1 unspecified atom stereocenters. The van der Waals surface area contributed by atoms with Crippen LogP contribution in [0.4, 0.5) is 4.79 Å². The number of hydrogen-bond acceptors (Lipinski definition) is 3. The Morgan fingerprint density at radius 2 is 2.06 bits per heavy atom. The summed E-state index contributed by atoms with van der Waals surface area (Å²) in [5.74, 6) is -0.241. The van der Waals surface area contributed by atoms with E-state index >= 15 is 0 Å². The SMILES string of the molecule is CCc1ccc(CNC(=O)C(C)NC(N)=O)s1. The van der Waals surface area contributed by atoms with E-state index in [0.717, 1.165) is 11.3 Å². The number of nitrogens with two attached hydrogens (primary N) is 1. The molecule has 1 atom stereocenters. The molecule has 0 aliphatic carbocycles. The number of carbonyl (C=O) groups is 2. The molecule has 0 aromatic carbocycles. The van der Waals surface area contributed by atoms with Crippen molar-refractivity contribution in [3.05, 3.63) is 21.9 Å². The van der Waals surface area contributed by atoms with Crippen molar-refractivity contribution in [2.45, 2.75) is 32.9 Å². The molecule has 0 radical (unpaired) electrons. The average Bonchev–Trinajstić information content (AvgIpc) is 2.72. The second-order valence-electron chi connectivity index (χ2n) is 3.67. The Morgan fingerprint density at radius 1 is 1.41 bits per heavy atom. The minimum absolute atomic E-state index is 0.241. The first-order valence-corrected chi connectivity index (χ1v) is 6.25. The highest BCUT2D eigenvalue weighted by atomic mass is 32.1. The summed E-state index contributed by atoms with van der Waals surface area (Å²) >= 11 is 1.67. The van der Waals surface area contributed by atoms with Crippen LogP contribution in [0.5, 0.6) is 0 Å². The third-order valence-corrected chi connectivity index (χ3v) is 3.48. The molecule has 6 heteroatoms. The lowest BCUT2D eigenvalue weighted by atomic mass is 10.3. The minimum atomic E-state index is -0.697. The lowest BCUT2D eigenvalue weighted by Gasteiger charge is -2.11. The van der Waals surface area contributed by atoms with Gasteiger partial charge in [0.25, 0.3) is 0 Å². The summed E-state index contributed by atoms with van der Waals surface area (Å²) in [6, 6.07) is 2.74. The molecule has 3 amide bonds. The van der Waals surface area contributed by atoms with Crippen molar-refractivity contribution in [3.63, 3.8) is 0 Å². The number of aryl methyl sites for hydroxylation is 1. The van der Waals surface area contributed by atoms with Gasteiger partial charge in [-0.1, -0.05) is 6.92 Å². The molecule has 4 N–H and O–H groups in total. The van der Waals surface area contributed by atoms with Gasteiger partial charge in [-0.25, -0.2) is 4.79 Å². The molecule has 1 aromatic heterocycles. The number of amides is 3. The molecule has 1 rings (SSSR count). The molecule has 1 heterocycles. The Morgan fingerprint density at radius 3 is 2.59 bits per heavy atom. The van der Waals surface area contributed by atoms with Crippen molar-refractivity contribution in [2.24, 2.45) is 5.73 Å². The Kier molecular flexibility index (Phi) is 4.96. The quantitative estimate of drug-likeness (QED) is 0.733. The summed E-state index contributed by atoms with van der Waals surface area (Å²) in [4.78, 5) is 24.5. The molecule has 0 bridgehead atoms. The zero-order valence-corrected chi connectivity index (χ0v) is 10.8. The summed E-state index contributed by atoms with van der Waals surface area (Å²) < 4.78 is 0. The van der Waals surface area contributed by atoms with Gasteiger partial charge in [0.15, 0.2) is 0 Å². The summed E-state index contributed by atoms with van der Waals surface area (Å²) in [5.41, 5.74) is 4.93. The van der Waals surface area contributed by atoms with Crippen molar-refractivity contribution in [3.8, 4) is 0 Å². The lowest BCUT2D eigenvalue weighted by molar-refractivity contribution is -0.122. The molecular weight excluding hydrogens is 238 g/mol. The molecule has 0 saturated carbocycles. The van der Waals surface area contributed by atoms with Crippen LogP contribution in [0.15, 0.2) is 12.1 Å². The highest BCUT2D eigenvalue weighted by Crippen LogP contribution is 2.16. The molecular formula is C11H17N3O2S. The Hall–Kier alpha value is -1.56. The molecule has 5 nitrogen and oxygen atoms in total. The topological polar surface area (TPSA) is 84.2 Å². The lowest BCUT2D eigenvalue weighted by Crippen LogP contribution is -2.46. The van der Waals surface area contributed by atoms with Crippen molar-refractivity contribution >= 4 is 23.3 Å². The van der Waals surface area contributed by atoms with Crippen LogP contribution in [0.25, 0.3) is 0 Å². The highest BCUT2D eigenvalue weighted by molar-refractivity contribution is 7.11. The predicted molar refractivity (Wildman–Crippen MR) is 67.7 cm³/mol. The van der Waals surface area contributed by atoms with Crippen LogP contribution >= 0.6 is 11.3 Å². The minimum Gasteiger partial charge on any atom is -0.352 e. The molecule has 1 aromatic rings. The maximum Gasteiger partial charge on any atom is 0.312 e. The van der Waals surface area contributed by atoms with Crippen molar-refractivity contribution in [1.82, 2.24) is 10.6 Å². The van der Waals surface area contributed by atoms with Crippen LogP contribution in [0.1, 0.15) is 23.6 Å². The van der Waals surface area contributed by atoms with Gasteiger partial charge in [-0.2, -0.15) is 0 Å². The third-order valence-electron chi connectivity index (χ3n) is 2.25. The van der Waals surface area contributed by atoms with Gasteiger partial charge in [0.05, 0.1) is 6.54 Å². The van der Waals surface area contributed by atoms with Crippen molar-refractivity contribution in [2.75, 3.05) is 0 Å². The molecule has 17 heavy (non-hydrogen) atoms. The fourth-order valence-electron chi connectivity index (χ4n) is 1.31. The Balaban J connectivity index is 2.39. The number of hydrogen-bond donors (Lipinski definition) is 3. The van der Waals surface area contributed by atoms with Crippen molar-refractivity contribution in [1.29, 1.82) is 0 Å². The number of primary amides is 1. The third kappa shape index (κ3) is 4.44. The maximum atomic E-state index is 11.6. The number of rotatable bonds is 5. The molecule has 0 saturated heterocycles. The number of thiophene rings is 1. The van der Waals surface area contributed by atoms with Gasteiger partial charge >= 0.3 is 6.03 Å². The smallest absolute Gasteiger partial charge is 0.312 e. The molecule has 94 valence electrons. The average molecular weight is 255 g/mol. The van der Waals surface area contributed by atoms with Crippen LogP contribution < -0.4 is 16.4 Å². The molecule has 0 aliphatic rings. The first-order chi connectivity index (χ1) is 8.02. The van der Waals surface area contributed by atoms with Gasteiger partial charge in [0.1, 0.15) is 6.04 Å². The van der Waals surface area contributed by atoms with Crippen LogP contribution in [0, 0.1) is 0 Å². The number of nitrogens with one attached hydrogen (secondary N) is 2. The van der Waals surface area contributed by atoms with Gasteiger partial charge in [-0.15, -0.1) is 11.3 Å². The molecule has 0 aliphatic heterocycles. The van der Waals surface area contributed by atoms with E-state index in [1.807, 2.05) is 6.07 Å². The summed E-state index contributed by atoms with van der Waals surface area (Å²) in [6.07, 6.45) is 0.998. The van der Waals surface area contributed by atoms with Crippen LogP contribution in [-0.4, -0.2) is 18.0 Å². The predicted octanol–water partition coefficient (Wildman–Crippen LogP) is 0.983. The van der Waals surface area contributed by atoms with Gasteiger partial charge in [0.2, 0.25) is 5.91 Å². The fraction of sp³-hybridized carbons (Fsp3) is 0.455. The molecule has 0 spiro atoms. The van der Waals surface area contributed by atoms with Crippen LogP contribution in [-0.2, 0) is 17.8 Å². The van der Waals surface area contributed by atoms with E-state index in [9.17, 15) is 9.59 Å². The highest BCUT2D eigenvalue weighted by Gasteiger charge is 2.13. The van der Waals surface area contributed by atoms with E-state index in [-0.39, 0.29) is 5.91 Å². The second kappa shape index (κ2) is 6.24. The van der Waals surface area contributed by atoms with E-state index in [2.05, 4.69) is 23.6 Å². The maximum absolute atomic E-state index is 11.6. The number of carbonyl (C=O) groups excluding carboxylic acids is 2. The summed E-state index contributed by atoms with van der Waals surface area (Å²) in [7, 11) is 0. The van der Waals surface area contributed by atoms with Gasteiger partial charge < -0.3 is 16.4 Å².